The Labute approximate surface area is 155 Å². The Kier molecular flexibility index (Phi) is 4.59. The Balaban J connectivity index is 1.49. The predicted molar refractivity (Wildman–Crippen MR) is 101 cm³/mol. The number of likely N-dealkylation sites (tertiary alicyclic amines) is 2. The SMILES string of the molecule is CN(C)C[C@@]12CN(Cc3ccccc3)C[C@@H]1CN(C(=O)c1ccco1)C2. The number of benzene rings is 1. The molecular formula is C21H27N3O2. The van der Waals surface area contributed by atoms with Gasteiger partial charge in [-0.2, -0.15) is 0 Å². The van der Waals surface area contributed by atoms with Crippen LogP contribution in [0.2, 0.25) is 0 Å². The van der Waals surface area contributed by atoms with E-state index >= 15 is 0 Å². The average molecular weight is 353 g/mol. The maximum absolute atomic E-state index is 12.7. The standard InChI is InChI=1S/C21H27N3O2/c1-22(2)14-21-15-23(11-17-7-4-3-5-8-17)12-18(21)13-24(16-21)20(25)19-9-6-10-26-19/h3-10,18H,11-16H2,1-2H3/t18-,21+/m1/s1. The zero-order chi connectivity index (χ0) is 18.1. The summed E-state index contributed by atoms with van der Waals surface area (Å²) in [5, 5.41) is 0. The van der Waals surface area contributed by atoms with Crippen LogP contribution in [-0.4, -0.2) is 67.4 Å². The third kappa shape index (κ3) is 3.29. The number of nitrogens with zero attached hydrogens (tertiary/aromatic N) is 3. The molecule has 5 heteroatoms. The van der Waals surface area contributed by atoms with Crippen LogP contribution in [0.3, 0.4) is 0 Å². The van der Waals surface area contributed by atoms with Crippen LogP contribution >= 0.6 is 0 Å². The van der Waals surface area contributed by atoms with Gasteiger partial charge in [0, 0.05) is 44.7 Å². The van der Waals surface area contributed by atoms with Gasteiger partial charge in [0.2, 0.25) is 0 Å². The van der Waals surface area contributed by atoms with Gasteiger partial charge in [-0.15, -0.1) is 0 Å². The summed E-state index contributed by atoms with van der Waals surface area (Å²) >= 11 is 0. The van der Waals surface area contributed by atoms with Crippen molar-refractivity contribution in [1.29, 1.82) is 0 Å². The van der Waals surface area contributed by atoms with Crippen molar-refractivity contribution in [3.63, 3.8) is 0 Å². The number of carbonyl (C=O) groups is 1. The molecule has 0 unspecified atom stereocenters. The van der Waals surface area contributed by atoms with Gasteiger partial charge in [-0.3, -0.25) is 9.69 Å². The topological polar surface area (TPSA) is 39.9 Å². The summed E-state index contributed by atoms with van der Waals surface area (Å²) in [6.07, 6.45) is 1.57. The van der Waals surface area contributed by atoms with Crippen molar-refractivity contribution in [3.05, 3.63) is 60.1 Å². The van der Waals surface area contributed by atoms with E-state index in [4.69, 9.17) is 4.42 Å². The van der Waals surface area contributed by atoms with Gasteiger partial charge < -0.3 is 14.2 Å². The number of rotatable bonds is 5. The molecule has 2 aromatic rings. The van der Waals surface area contributed by atoms with E-state index in [0.29, 0.717) is 11.7 Å². The lowest BCUT2D eigenvalue weighted by Crippen LogP contribution is -2.42. The van der Waals surface area contributed by atoms with Crippen molar-refractivity contribution >= 4 is 5.91 Å². The molecule has 2 aliphatic rings. The molecule has 1 aromatic heterocycles. The molecule has 2 fully saturated rings. The van der Waals surface area contributed by atoms with Crippen molar-refractivity contribution < 1.29 is 9.21 Å². The lowest BCUT2D eigenvalue weighted by molar-refractivity contribution is 0.0717. The third-order valence-corrected chi connectivity index (χ3v) is 5.73. The summed E-state index contributed by atoms with van der Waals surface area (Å²) in [5.74, 6) is 0.982. The maximum Gasteiger partial charge on any atom is 0.289 e. The quantitative estimate of drug-likeness (QED) is 0.828. The molecule has 138 valence electrons. The Morgan fingerprint density at radius 2 is 1.96 bits per heavy atom. The molecule has 0 bridgehead atoms. The van der Waals surface area contributed by atoms with E-state index in [9.17, 15) is 4.79 Å². The lowest BCUT2D eigenvalue weighted by Gasteiger charge is -2.32. The van der Waals surface area contributed by atoms with Crippen LogP contribution in [0.1, 0.15) is 16.1 Å². The molecule has 1 aromatic carbocycles. The Bertz CT molecular complexity index is 744. The van der Waals surface area contributed by atoms with Crippen LogP contribution in [0.25, 0.3) is 0 Å². The molecule has 0 aliphatic carbocycles. The van der Waals surface area contributed by atoms with E-state index in [1.54, 1.807) is 18.4 Å². The number of amides is 1. The first-order valence-electron chi connectivity index (χ1n) is 9.29. The second-order valence-electron chi connectivity index (χ2n) is 8.12. The second-order valence-corrected chi connectivity index (χ2v) is 8.12. The molecular weight excluding hydrogens is 326 g/mol. The molecule has 0 spiro atoms. The molecule has 5 nitrogen and oxygen atoms in total. The minimum atomic E-state index is 0.0251. The first-order chi connectivity index (χ1) is 12.6. The Hall–Kier alpha value is -2.11. The zero-order valence-electron chi connectivity index (χ0n) is 15.6. The fourth-order valence-corrected chi connectivity index (χ4v) is 4.82. The highest BCUT2D eigenvalue weighted by molar-refractivity contribution is 5.91. The molecule has 2 aliphatic heterocycles. The van der Waals surface area contributed by atoms with Crippen LogP contribution in [0, 0.1) is 11.3 Å². The summed E-state index contributed by atoms with van der Waals surface area (Å²) in [6, 6.07) is 14.2. The monoisotopic (exact) mass is 353 g/mol. The normalized spacial score (nSPS) is 25.8. The second kappa shape index (κ2) is 6.89. The minimum Gasteiger partial charge on any atom is -0.459 e. The number of carbonyl (C=O) groups excluding carboxylic acids is 1. The highest BCUT2D eigenvalue weighted by Gasteiger charge is 2.53. The molecule has 26 heavy (non-hydrogen) atoms. The van der Waals surface area contributed by atoms with E-state index in [2.05, 4.69) is 54.2 Å². The predicted octanol–water partition coefficient (Wildman–Crippen LogP) is 2.42. The van der Waals surface area contributed by atoms with Crippen LogP contribution < -0.4 is 0 Å². The van der Waals surface area contributed by atoms with Gasteiger partial charge in [-0.25, -0.2) is 0 Å². The average Bonchev–Trinajstić information content (AvgIpc) is 3.29. The first-order valence-corrected chi connectivity index (χ1v) is 9.29. The summed E-state index contributed by atoms with van der Waals surface area (Å²) in [4.78, 5) is 19.6. The fraction of sp³-hybridized carbons (Fsp3) is 0.476. The van der Waals surface area contributed by atoms with E-state index in [-0.39, 0.29) is 11.3 Å². The fourth-order valence-electron chi connectivity index (χ4n) is 4.82. The lowest BCUT2D eigenvalue weighted by atomic mass is 9.80. The maximum atomic E-state index is 12.7. The van der Waals surface area contributed by atoms with Gasteiger partial charge in [0.25, 0.3) is 5.91 Å². The minimum absolute atomic E-state index is 0.0251. The number of fused-ring (bicyclic) bond motifs is 1. The highest BCUT2D eigenvalue weighted by Crippen LogP contribution is 2.43. The summed E-state index contributed by atoms with van der Waals surface area (Å²) < 4.78 is 5.33. The zero-order valence-corrected chi connectivity index (χ0v) is 15.6. The largest absolute Gasteiger partial charge is 0.459 e. The van der Waals surface area contributed by atoms with Crippen molar-refractivity contribution in [2.24, 2.45) is 11.3 Å². The molecule has 4 rings (SSSR count). The van der Waals surface area contributed by atoms with Crippen molar-refractivity contribution in [2.45, 2.75) is 6.54 Å². The number of hydrogen-bond donors (Lipinski definition) is 0. The summed E-state index contributed by atoms with van der Waals surface area (Å²) in [5.41, 5.74) is 1.50. The van der Waals surface area contributed by atoms with Gasteiger partial charge in [-0.05, 0) is 37.7 Å². The summed E-state index contributed by atoms with van der Waals surface area (Å²) in [7, 11) is 4.26. The van der Waals surface area contributed by atoms with Crippen LogP contribution in [0.5, 0.6) is 0 Å². The molecule has 0 N–H and O–H groups in total. The highest BCUT2D eigenvalue weighted by atomic mass is 16.3. The smallest absolute Gasteiger partial charge is 0.289 e. The molecule has 0 saturated carbocycles. The van der Waals surface area contributed by atoms with E-state index < -0.39 is 0 Å². The van der Waals surface area contributed by atoms with Crippen molar-refractivity contribution in [1.82, 2.24) is 14.7 Å². The Morgan fingerprint density at radius 1 is 1.15 bits per heavy atom. The number of hydrogen-bond acceptors (Lipinski definition) is 4. The number of furan rings is 1. The molecule has 2 saturated heterocycles. The van der Waals surface area contributed by atoms with Gasteiger partial charge in [-0.1, -0.05) is 30.3 Å². The van der Waals surface area contributed by atoms with Crippen LogP contribution in [-0.2, 0) is 6.54 Å². The molecule has 1 amide bonds. The third-order valence-electron chi connectivity index (χ3n) is 5.73. The van der Waals surface area contributed by atoms with Gasteiger partial charge in [0.1, 0.15) is 0 Å². The van der Waals surface area contributed by atoms with Gasteiger partial charge in [0.15, 0.2) is 5.76 Å². The Morgan fingerprint density at radius 3 is 2.65 bits per heavy atom. The van der Waals surface area contributed by atoms with Crippen LogP contribution in [0.4, 0.5) is 0 Å². The molecule has 3 heterocycles. The molecule has 2 atom stereocenters. The van der Waals surface area contributed by atoms with Crippen LogP contribution in [0.15, 0.2) is 53.1 Å². The van der Waals surface area contributed by atoms with Crippen molar-refractivity contribution in [3.8, 4) is 0 Å². The summed E-state index contributed by atoms with van der Waals surface area (Å²) in [6.45, 7) is 5.69. The molecule has 0 radical (unpaired) electrons. The van der Waals surface area contributed by atoms with Gasteiger partial charge in [0.05, 0.1) is 6.26 Å². The van der Waals surface area contributed by atoms with E-state index in [1.807, 2.05) is 4.90 Å². The van der Waals surface area contributed by atoms with E-state index in [0.717, 1.165) is 39.3 Å². The van der Waals surface area contributed by atoms with Gasteiger partial charge >= 0.3 is 0 Å². The van der Waals surface area contributed by atoms with Crippen molar-refractivity contribution in [2.75, 3.05) is 46.8 Å². The van der Waals surface area contributed by atoms with E-state index in [1.165, 1.54) is 5.56 Å². The first kappa shape index (κ1) is 17.3.